The molecule has 1 rings (SSSR count). The van der Waals surface area contributed by atoms with Gasteiger partial charge in [0.2, 0.25) is 0 Å². The maximum absolute atomic E-state index is 14.3. The molecule has 7 heteroatoms. The minimum atomic E-state index is -3.28. The van der Waals surface area contributed by atoms with Crippen molar-refractivity contribution in [3.05, 3.63) is 33.5 Å². The second-order valence-corrected chi connectivity index (χ2v) is 9.00. The van der Waals surface area contributed by atoms with E-state index in [4.69, 9.17) is 0 Å². The Morgan fingerprint density at radius 3 is 2.27 bits per heavy atom. The van der Waals surface area contributed by atoms with Gasteiger partial charge in [0.05, 0.1) is 11.8 Å². The first-order chi connectivity index (χ1) is 9.84. The summed E-state index contributed by atoms with van der Waals surface area (Å²) in [5.41, 5.74) is -0.588. The van der Waals surface area contributed by atoms with Crippen molar-refractivity contribution in [1.82, 2.24) is 0 Å². The Morgan fingerprint density at radius 1 is 1.27 bits per heavy atom. The summed E-state index contributed by atoms with van der Waals surface area (Å²) in [7, 11) is 0. The highest BCUT2D eigenvalue weighted by molar-refractivity contribution is 9.10. The van der Waals surface area contributed by atoms with Crippen molar-refractivity contribution in [2.75, 3.05) is 0 Å². The maximum atomic E-state index is 14.3. The fourth-order valence-electron chi connectivity index (χ4n) is 1.65. The molecule has 0 N–H and O–H groups in total. The fraction of sp³-hybridized carbons (Fsp3) is 0.533. The summed E-state index contributed by atoms with van der Waals surface area (Å²) >= 11 is 1.64. The van der Waals surface area contributed by atoms with E-state index in [0.717, 1.165) is 6.07 Å². The zero-order valence-electron chi connectivity index (χ0n) is 13.1. The van der Waals surface area contributed by atoms with Gasteiger partial charge in [-0.1, -0.05) is 27.3 Å². The molecule has 0 saturated heterocycles. The Balaban J connectivity index is 3.17. The maximum Gasteiger partial charge on any atom is 0.273 e. The average Bonchev–Trinajstić information content (AvgIpc) is 2.35. The van der Waals surface area contributed by atoms with Crippen LogP contribution in [0.25, 0.3) is 0 Å². The summed E-state index contributed by atoms with van der Waals surface area (Å²) in [5, 5.41) is 0. The van der Waals surface area contributed by atoms with Crippen LogP contribution < -0.4 is 0 Å². The molecule has 1 aromatic carbocycles. The predicted molar refractivity (Wildman–Crippen MR) is 88.5 cm³/mol. The van der Waals surface area contributed by atoms with Gasteiger partial charge in [-0.05, 0) is 38.5 Å². The van der Waals surface area contributed by atoms with Crippen LogP contribution in [0, 0.1) is 5.82 Å². The summed E-state index contributed by atoms with van der Waals surface area (Å²) in [5.74, 6) is -4.82. The Morgan fingerprint density at radius 2 is 1.82 bits per heavy atom. The van der Waals surface area contributed by atoms with Gasteiger partial charge in [0.1, 0.15) is 21.9 Å². The quantitative estimate of drug-likeness (QED) is 0.498. The topological polar surface area (TPSA) is 35.4 Å². The highest BCUT2D eigenvalue weighted by Gasteiger charge is 2.31. The molecule has 1 unspecified atom stereocenters. The van der Waals surface area contributed by atoms with Gasteiger partial charge in [0, 0.05) is 17.3 Å². The van der Waals surface area contributed by atoms with Crippen molar-refractivity contribution in [3.63, 3.8) is 0 Å². The highest BCUT2D eigenvalue weighted by Crippen LogP contribution is 2.35. The molecule has 1 aromatic rings. The number of nitrogens with zero attached hydrogens (tertiary/aromatic N) is 1. The second kappa shape index (κ2) is 6.93. The minimum Gasteiger partial charge on any atom is -0.591 e. The molecule has 0 aromatic heterocycles. The van der Waals surface area contributed by atoms with E-state index in [2.05, 4.69) is 20.3 Å². The van der Waals surface area contributed by atoms with Crippen molar-refractivity contribution in [1.29, 1.82) is 0 Å². The van der Waals surface area contributed by atoms with E-state index in [1.807, 2.05) is 0 Å². The molecule has 0 radical (unpaired) electrons. The van der Waals surface area contributed by atoms with Crippen LogP contribution in [0.15, 0.2) is 21.0 Å². The molecule has 0 aliphatic heterocycles. The van der Waals surface area contributed by atoms with Gasteiger partial charge < -0.3 is 4.55 Å². The zero-order valence-corrected chi connectivity index (χ0v) is 15.5. The lowest BCUT2D eigenvalue weighted by molar-refractivity contribution is 0.0135. The van der Waals surface area contributed by atoms with Crippen LogP contribution in [0.2, 0.25) is 0 Å². The van der Waals surface area contributed by atoms with Crippen molar-refractivity contribution < 1.29 is 17.7 Å². The summed E-state index contributed by atoms with van der Waals surface area (Å²) in [4.78, 5) is 0. The van der Waals surface area contributed by atoms with E-state index in [1.54, 1.807) is 27.7 Å². The van der Waals surface area contributed by atoms with Crippen LogP contribution in [0.4, 0.5) is 13.2 Å². The van der Waals surface area contributed by atoms with Crippen LogP contribution in [0.1, 0.15) is 51.7 Å². The lowest BCUT2D eigenvalue weighted by Gasteiger charge is -2.19. The molecule has 0 aliphatic rings. The van der Waals surface area contributed by atoms with Crippen molar-refractivity contribution in [2.45, 2.75) is 51.2 Å². The molecule has 124 valence electrons. The first-order valence-corrected chi connectivity index (χ1v) is 8.57. The van der Waals surface area contributed by atoms with Crippen LogP contribution in [0.3, 0.4) is 0 Å². The lowest BCUT2D eigenvalue weighted by Crippen LogP contribution is -2.26. The highest BCUT2D eigenvalue weighted by atomic mass is 79.9. The largest absolute Gasteiger partial charge is 0.591 e. The van der Waals surface area contributed by atoms with E-state index >= 15 is 0 Å². The van der Waals surface area contributed by atoms with Crippen LogP contribution in [-0.2, 0) is 17.3 Å². The van der Waals surface area contributed by atoms with Gasteiger partial charge in [-0.15, -0.1) is 0 Å². The van der Waals surface area contributed by atoms with Gasteiger partial charge in [-0.2, -0.15) is 0 Å². The Labute approximate surface area is 140 Å². The van der Waals surface area contributed by atoms with E-state index in [1.165, 1.54) is 12.3 Å². The van der Waals surface area contributed by atoms with E-state index < -0.39 is 39.3 Å². The third kappa shape index (κ3) is 4.99. The van der Waals surface area contributed by atoms with Crippen LogP contribution in [0.5, 0.6) is 0 Å². The molecule has 0 fully saturated rings. The summed E-state index contributed by atoms with van der Waals surface area (Å²) in [6.07, 6.45) is 1.34. The number of rotatable bonds is 4. The number of hydrogen-bond acceptors (Lipinski definition) is 2. The van der Waals surface area contributed by atoms with Crippen molar-refractivity contribution in [3.8, 4) is 0 Å². The monoisotopic (exact) mass is 397 g/mol. The summed E-state index contributed by atoms with van der Waals surface area (Å²) < 4.78 is 56.9. The zero-order chi connectivity index (χ0) is 17.3. The Kier molecular flexibility index (Phi) is 6.14. The molecule has 0 heterocycles. The number of alkyl halides is 2. The molecule has 0 spiro atoms. The fourth-order valence-corrected chi connectivity index (χ4v) is 2.73. The van der Waals surface area contributed by atoms with E-state index in [0.29, 0.717) is 11.4 Å². The van der Waals surface area contributed by atoms with E-state index in [9.17, 15) is 17.7 Å². The predicted octanol–water partition coefficient (Wildman–Crippen LogP) is 5.34. The molecule has 0 bridgehead atoms. The molecular formula is C15H19BrF3NOS. The first kappa shape index (κ1) is 19.5. The Bertz CT molecular complexity index is 567. The molecule has 0 saturated carbocycles. The van der Waals surface area contributed by atoms with Gasteiger partial charge in [0.25, 0.3) is 5.92 Å². The molecule has 2 nitrogen and oxygen atoms in total. The number of hydrogen-bond donors (Lipinski definition) is 0. The first-order valence-electron chi connectivity index (χ1n) is 6.67. The standard InChI is InChI=1S/C15H19BrF3NOS/c1-9(8-20-22(21)14(2,3)4)11-6-10(16)7-12(13(11)17)15(5,18)19/h6-9H,1-5H3/b20-8+/t9?,22-/m1/s1. The van der Waals surface area contributed by atoms with Gasteiger partial charge >= 0.3 is 0 Å². The normalized spacial score (nSPS) is 16.1. The molecule has 2 atom stereocenters. The van der Waals surface area contributed by atoms with Gasteiger partial charge in [-0.3, -0.25) is 0 Å². The van der Waals surface area contributed by atoms with Crippen molar-refractivity contribution in [2.24, 2.45) is 4.40 Å². The van der Waals surface area contributed by atoms with Gasteiger partial charge in [-0.25, -0.2) is 13.2 Å². The second-order valence-electron chi connectivity index (χ2n) is 6.15. The Hall–Kier alpha value is -0.530. The lowest BCUT2D eigenvalue weighted by atomic mass is 9.97. The summed E-state index contributed by atoms with van der Waals surface area (Å²) in [6.45, 7) is 7.56. The number of benzene rings is 1. The summed E-state index contributed by atoms with van der Waals surface area (Å²) in [6, 6.07) is 2.50. The number of halogens is 4. The third-order valence-electron chi connectivity index (χ3n) is 2.93. The van der Waals surface area contributed by atoms with Gasteiger partial charge in [0.15, 0.2) is 0 Å². The molecule has 22 heavy (non-hydrogen) atoms. The minimum absolute atomic E-state index is 0.0839. The molecule has 0 amide bonds. The van der Waals surface area contributed by atoms with Crippen molar-refractivity contribution >= 4 is 33.5 Å². The van der Waals surface area contributed by atoms with Crippen LogP contribution in [-0.4, -0.2) is 15.5 Å². The van der Waals surface area contributed by atoms with Crippen LogP contribution >= 0.6 is 15.9 Å². The molecular weight excluding hydrogens is 379 g/mol. The molecule has 0 aliphatic carbocycles. The smallest absolute Gasteiger partial charge is 0.273 e. The SMILES string of the molecule is CC(/C=N/[S@+]([O-])C(C)(C)C)c1cc(Br)cc(C(C)(F)F)c1F. The third-order valence-corrected chi connectivity index (χ3v) is 4.75. The van der Waals surface area contributed by atoms with E-state index in [-0.39, 0.29) is 5.56 Å². The average molecular weight is 398 g/mol.